The van der Waals surface area contributed by atoms with E-state index in [1.807, 2.05) is 0 Å². The maximum atomic E-state index is 14.5. The van der Waals surface area contributed by atoms with Crippen LogP contribution < -0.4 is 65.6 Å². The number of esters is 1. The van der Waals surface area contributed by atoms with Crippen molar-refractivity contribution in [3.05, 3.63) is 134 Å². The lowest BCUT2D eigenvalue weighted by Gasteiger charge is -2.28. The molecule has 3 aliphatic rings. The fraction of sp³-hybridized carbons (Fsp3) is 0.528. The van der Waals surface area contributed by atoms with Crippen LogP contribution in [0.2, 0.25) is 0 Å². The van der Waals surface area contributed by atoms with Gasteiger partial charge in [-0.3, -0.25) is 67.0 Å². The second-order valence-corrected chi connectivity index (χ2v) is 21.9. The summed E-state index contributed by atoms with van der Waals surface area (Å²) in [5.74, 6) is -6.03. The van der Waals surface area contributed by atoms with Gasteiger partial charge in [0.25, 0.3) is 28.5 Å². The Bertz CT molecular complexity index is 3510. The molecule has 0 aliphatic carbocycles. The van der Waals surface area contributed by atoms with E-state index in [9.17, 15) is 62.3 Å². The number of nitrogens with one attached hydrogen (secondary N) is 9. The summed E-state index contributed by atoms with van der Waals surface area (Å²) in [5.41, 5.74) is -4.58. The highest BCUT2D eigenvalue weighted by Crippen LogP contribution is 2.32. The molecule has 6 amide bonds. The van der Waals surface area contributed by atoms with Crippen LogP contribution in [0.15, 0.2) is 77.7 Å². The minimum absolute atomic E-state index is 0.0272. The lowest BCUT2D eigenvalue weighted by molar-refractivity contribution is -0.156. The van der Waals surface area contributed by atoms with Crippen LogP contribution in [0.25, 0.3) is 0 Å². The molecule has 3 aliphatic heterocycles. The van der Waals surface area contributed by atoms with E-state index in [1.54, 1.807) is 65.0 Å². The molecule has 1 aromatic carbocycles. The topological polar surface area (TPSA) is 402 Å². The molecular formula is C53H68N12O18. The highest BCUT2D eigenvalue weighted by molar-refractivity contribution is 5.93. The van der Waals surface area contributed by atoms with Crippen molar-refractivity contribution < 1.29 is 57.2 Å². The molecule has 3 fully saturated rings. The summed E-state index contributed by atoms with van der Waals surface area (Å²) in [6.45, 7) is 13.7. The Balaban J connectivity index is 1.11. The molecule has 0 unspecified atom stereocenters. The van der Waals surface area contributed by atoms with Gasteiger partial charge in [-0.05, 0) is 59.9 Å². The normalized spacial score (nSPS) is 23.3. The Morgan fingerprint density at radius 2 is 1.00 bits per heavy atom. The smallest absolute Gasteiger partial charge is 0.408 e. The summed E-state index contributed by atoms with van der Waals surface area (Å²) >= 11 is 0. The summed E-state index contributed by atoms with van der Waals surface area (Å²) in [5, 5.41) is 15.9. The lowest BCUT2D eigenvalue weighted by Crippen LogP contribution is -2.59. The molecule has 0 saturated carbocycles. The van der Waals surface area contributed by atoms with Crippen molar-refractivity contribution in [2.45, 2.75) is 167 Å². The van der Waals surface area contributed by atoms with Crippen molar-refractivity contribution in [3.63, 3.8) is 0 Å². The summed E-state index contributed by atoms with van der Waals surface area (Å²) in [6, 6.07) is 0.876. The van der Waals surface area contributed by atoms with E-state index < -0.39 is 160 Å². The second kappa shape index (κ2) is 25.6. The van der Waals surface area contributed by atoms with Crippen LogP contribution in [0.5, 0.6) is 0 Å². The molecule has 0 spiro atoms. The number of rotatable bonds is 18. The summed E-state index contributed by atoms with van der Waals surface area (Å²) < 4.78 is 31.6. The highest BCUT2D eigenvalue weighted by Gasteiger charge is 2.48. The van der Waals surface area contributed by atoms with E-state index in [0.29, 0.717) is 5.56 Å². The van der Waals surface area contributed by atoms with E-state index in [-0.39, 0.29) is 42.4 Å². The number of benzene rings is 1. The number of hydrogen-bond acceptors (Lipinski definition) is 18. The summed E-state index contributed by atoms with van der Waals surface area (Å²) in [4.78, 5) is 180. The van der Waals surface area contributed by atoms with Gasteiger partial charge in [-0.2, -0.15) is 0 Å². The zero-order valence-corrected chi connectivity index (χ0v) is 47.1. The summed E-state index contributed by atoms with van der Waals surface area (Å²) in [6.07, 6.45) is -6.49. The molecule has 0 radical (unpaired) electrons. The Kier molecular flexibility index (Phi) is 19.1. The third kappa shape index (κ3) is 14.8. The van der Waals surface area contributed by atoms with Crippen molar-refractivity contribution in [2.75, 3.05) is 7.11 Å². The largest absolute Gasteiger partial charge is 0.467 e. The molecule has 6 heterocycles. The van der Waals surface area contributed by atoms with Crippen LogP contribution in [0, 0.1) is 26.7 Å². The predicted molar refractivity (Wildman–Crippen MR) is 289 cm³/mol. The first-order chi connectivity index (χ1) is 39.0. The molecule has 30 heteroatoms. The molecule has 3 aromatic heterocycles. The van der Waals surface area contributed by atoms with Crippen molar-refractivity contribution in [1.29, 1.82) is 0 Å². The third-order valence-corrected chi connectivity index (χ3v) is 14.0. The van der Waals surface area contributed by atoms with Gasteiger partial charge in [0.15, 0.2) is 18.3 Å². The van der Waals surface area contributed by atoms with Crippen LogP contribution in [0.4, 0.5) is 4.79 Å². The average molecular weight is 1160 g/mol. The Morgan fingerprint density at radius 3 is 1.43 bits per heavy atom. The first-order valence-corrected chi connectivity index (χ1v) is 26.6. The molecule has 0 bridgehead atoms. The van der Waals surface area contributed by atoms with E-state index in [2.05, 4.69) is 46.9 Å². The molecule has 7 rings (SSSR count). The Hall–Kier alpha value is -8.77. The zero-order chi connectivity index (χ0) is 60.9. The first-order valence-electron chi connectivity index (χ1n) is 26.6. The molecule has 30 nitrogen and oxygen atoms in total. The molecule has 448 valence electrons. The van der Waals surface area contributed by atoms with Crippen molar-refractivity contribution in [3.8, 4) is 0 Å². The monoisotopic (exact) mass is 1160 g/mol. The van der Waals surface area contributed by atoms with Gasteiger partial charge < -0.3 is 55.6 Å². The first kappa shape index (κ1) is 61.8. The second-order valence-electron chi connectivity index (χ2n) is 21.9. The zero-order valence-electron chi connectivity index (χ0n) is 47.1. The molecule has 83 heavy (non-hydrogen) atoms. The van der Waals surface area contributed by atoms with Gasteiger partial charge in [0, 0.05) is 61.0 Å². The standard InChI is InChI=1S/C53H68N12O18/c1-23(2)36(45(71)57-31-19-35(82-39(31)48(74)79-10)65-22-26(5)42(68)62-51(65)77)59-47(73)38-29(17-33(81-38)63-20-24(3)40(66)60-49(63)75)55-43(69)27(6)54-46(72)37-30(18-34(80-37)64-21-25(4)41(67)61-50(64)76)56-44(70)32(16-28-14-12-11-13-15-28)58-52(78)83-53(7,8)9/h11-15,20-23,27,29-39H,16-19H2,1-10H3,(H,54,72)(H,55,69)(H,56,70)(H,57,71)(H,58,78)(H,59,73)(H,60,66,75)(H,61,67,76)(H,62,68,77)/t27-,29-,30-,31-,32-,33+,34+,35+,36-,37-,38-,39-/m0/s1. The number of carbonyl (C=O) groups excluding carboxylic acids is 7. The number of alkyl carbamates (subject to hydrolysis) is 1. The number of amides is 6. The van der Waals surface area contributed by atoms with Crippen LogP contribution >= 0.6 is 0 Å². The number of hydrogen-bond donors (Lipinski definition) is 9. The van der Waals surface area contributed by atoms with Gasteiger partial charge in [0.1, 0.15) is 42.4 Å². The van der Waals surface area contributed by atoms with Gasteiger partial charge in [-0.25, -0.2) is 24.0 Å². The summed E-state index contributed by atoms with van der Waals surface area (Å²) in [7, 11) is 1.09. The molecular weight excluding hydrogens is 1090 g/mol. The SMILES string of the molecule is COC(=O)[C@H]1O[C@@H](n2cc(C)c(=O)[nH]c2=O)C[C@@H]1NC(=O)[C@@H](NC(=O)[C@H]1O[C@@H](n2cc(C)c(=O)[nH]c2=O)C[C@@H]1NC(=O)[C@H](C)NC(=O)[C@H]1O[C@@H](n2cc(C)c(=O)[nH]c2=O)C[C@@H]1NC(=O)[C@H](Cc1ccccc1)NC(=O)OC(C)(C)C)C(C)C. The number of aryl methyl sites for hydroxylation is 3. The Labute approximate surface area is 471 Å². The van der Waals surface area contributed by atoms with Crippen LogP contribution in [0.3, 0.4) is 0 Å². The van der Waals surface area contributed by atoms with Crippen LogP contribution in [-0.4, -0.2) is 138 Å². The van der Waals surface area contributed by atoms with Gasteiger partial charge in [-0.15, -0.1) is 0 Å². The van der Waals surface area contributed by atoms with Crippen molar-refractivity contribution in [2.24, 2.45) is 5.92 Å². The molecule has 4 aromatic rings. The predicted octanol–water partition coefficient (Wildman–Crippen LogP) is -2.17. The van der Waals surface area contributed by atoms with E-state index in [4.69, 9.17) is 23.7 Å². The van der Waals surface area contributed by atoms with Gasteiger partial charge in [0.05, 0.1) is 25.2 Å². The Morgan fingerprint density at radius 1 is 0.590 bits per heavy atom. The van der Waals surface area contributed by atoms with E-state index in [0.717, 1.165) is 20.8 Å². The van der Waals surface area contributed by atoms with Gasteiger partial charge in [-0.1, -0.05) is 44.2 Å². The fourth-order valence-corrected chi connectivity index (χ4v) is 9.65. The fourth-order valence-electron chi connectivity index (χ4n) is 9.65. The minimum Gasteiger partial charge on any atom is -0.467 e. The number of carbonyl (C=O) groups is 7. The quantitative estimate of drug-likeness (QED) is 0.0479. The molecule has 9 N–H and O–H groups in total. The van der Waals surface area contributed by atoms with Crippen LogP contribution in [0.1, 0.15) is 102 Å². The molecule has 3 saturated heterocycles. The van der Waals surface area contributed by atoms with Gasteiger partial charge in [0.2, 0.25) is 17.7 Å². The molecule has 12 atom stereocenters. The number of aromatic nitrogens is 6. The number of ether oxygens (including phenoxy) is 5. The maximum Gasteiger partial charge on any atom is 0.408 e. The van der Waals surface area contributed by atoms with E-state index >= 15 is 0 Å². The highest BCUT2D eigenvalue weighted by atomic mass is 16.6. The van der Waals surface area contributed by atoms with Crippen LogP contribution in [-0.2, 0) is 58.9 Å². The number of aromatic amines is 3. The van der Waals surface area contributed by atoms with E-state index in [1.165, 1.54) is 46.3 Å². The maximum absolute atomic E-state index is 14.5. The minimum atomic E-state index is -1.67. The average Bonchev–Trinajstić information content (AvgIpc) is 3.56. The number of nitrogens with zero attached hydrogens (tertiary/aromatic N) is 3. The van der Waals surface area contributed by atoms with Gasteiger partial charge >= 0.3 is 29.1 Å². The lowest BCUT2D eigenvalue weighted by atomic mass is 10.0. The third-order valence-electron chi connectivity index (χ3n) is 14.0. The van der Waals surface area contributed by atoms with Crippen molar-refractivity contribution >= 4 is 41.6 Å². The van der Waals surface area contributed by atoms with Crippen molar-refractivity contribution in [1.82, 2.24) is 60.6 Å². The number of H-pyrrole nitrogens is 3. The number of methoxy groups -OCH3 is 1.